The third-order valence-electron chi connectivity index (χ3n) is 2.44. The predicted molar refractivity (Wildman–Crippen MR) is 80.8 cm³/mol. The highest BCUT2D eigenvalue weighted by Gasteiger charge is 2.27. The zero-order chi connectivity index (χ0) is 14.5. The summed E-state index contributed by atoms with van der Waals surface area (Å²) in [6, 6.07) is 6.07. The van der Waals surface area contributed by atoms with E-state index in [0.717, 1.165) is 12.0 Å². The van der Waals surface area contributed by atoms with E-state index >= 15 is 0 Å². The molecule has 1 rings (SSSR count). The molecule has 0 saturated heterocycles. The Bertz CT molecular complexity index is 428. The Hall–Kier alpha value is -0.580. The lowest BCUT2D eigenvalue weighted by atomic mass is 10.1. The molecule has 2 nitrogen and oxygen atoms in total. The fourth-order valence-electron chi connectivity index (χ4n) is 1.36. The quantitative estimate of drug-likeness (QED) is 0.458. The number of nitrogens with zero attached hydrogens (tertiary/aromatic N) is 1. The molecule has 1 atom stereocenters. The monoisotopic (exact) mass is 303 g/mol. The van der Waals surface area contributed by atoms with Crippen molar-refractivity contribution in [2.45, 2.75) is 38.4 Å². The van der Waals surface area contributed by atoms with Crippen molar-refractivity contribution in [2.24, 2.45) is 4.40 Å². The first kappa shape index (κ1) is 16.5. The summed E-state index contributed by atoms with van der Waals surface area (Å²) in [5.74, 6) is 0.222. The average molecular weight is 304 g/mol. The van der Waals surface area contributed by atoms with Crippen LogP contribution in [-0.2, 0) is 11.4 Å². The van der Waals surface area contributed by atoms with Crippen LogP contribution in [0.3, 0.4) is 0 Å². The van der Waals surface area contributed by atoms with Crippen LogP contribution < -0.4 is 0 Å². The van der Waals surface area contributed by atoms with Crippen LogP contribution in [0.5, 0.6) is 0 Å². The highest BCUT2D eigenvalue weighted by molar-refractivity contribution is 7.91. The van der Waals surface area contributed by atoms with Crippen molar-refractivity contribution in [1.29, 1.82) is 0 Å². The summed E-state index contributed by atoms with van der Waals surface area (Å²) in [4.78, 5) is 0. The fourth-order valence-corrected chi connectivity index (χ4v) is 2.16. The smallest absolute Gasteiger partial charge is 0.144 e. The van der Waals surface area contributed by atoms with Gasteiger partial charge in [0, 0.05) is 11.4 Å². The second-order valence-electron chi connectivity index (χ2n) is 5.20. The summed E-state index contributed by atoms with van der Waals surface area (Å²) in [7, 11) is 0. The number of halogens is 2. The Balaban J connectivity index is 3.00. The summed E-state index contributed by atoms with van der Waals surface area (Å²) in [6.45, 7) is 5.61. The summed E-state index contributed by atoms with van der Waals surface area (Å²) in [6.07, 6.45) is 1.38. The van der Waals surface area contributed by atoms with Gasteiger partial charge in [-0.05, 0) is 45.7 Å². The van der Waals surface area contributed by atoms with Gasteiger partial charge < -0.3 is 4.55 Å². The molecule has 0 aliphatic heterocycles. The molecule has 1 aromatic rings. The van der Waals surface area contributed by atoms with Gasteiger partial charge in [-0.15, -0.1) is 11.6 Å². The van der Waals surface area contributed by atoms with E-state index < -0.39 is 16.1 Å². The van der Waals surface area contributed by atoms with Gasteiger partial charge in [0.1, 0.15) is 21.9 Å². The summed E-state index contributed by atoms with van der Waals surface area (Å²) in [5.41, 5.74) is 1.51. The van der Waals surface area contributed by atoms with Crippen molar-refractivity contribution in [3.05, 3.63) is 35.6 Å². The zero-order valence-electron chi connectivity index (χ0n) is 11.5. The topological polar surface area (TPSA) is 35.4 Å². The molecule has 0 saturated carbocycles. The van der Waals surface area contributed by atoms with Gasteiger partial charge in [-0.3, -0.25) is 0 Å². The number of hydrogen-bond donors (Lipinski definition) is 0. The molecule has 0 amide bonds. The molecule has 106 valence electrons. The molecule has 0 heterocycles. The van der Waals surface area contributed by atoms with Gasteiger partial charge in [-0.2, -0.15) is 0 Å². The molecule has 0 bridgehead atoms. The first-order valence-electron chi connectivity index (χ1n) is 6.16. The fraction of sp³-hybridized carbons (Fsp3) is 0.500. The highest BCUT2D eigenvalue weighted by atomic mass is 35.5. The van der Waals surface area contributed by atoms with Crippen LogP contribution in [-0.4, -0.2) is 20.9 Å². The number of hydrogen-bond acceptors (Lipinski definition) is 2. The first-order valence-corrected chi connectivity index (χ1v) is 7.80. The summed E-state index contributed by atoms with van der Waals surface area (Å²) in [5, 5.41) is 0. The lowest BCUT2D eigenvalue weighted by Crippen LogP contribution is -2.27. The standard InChI is InChI=1S/C14H19ClFNOS/c1-14(2,3)19(18)17-13(5-4-10-15)11-6-8-12(16)9-7-11/h6-9H,4-5,10H2,1-3H3/b17-13+. The second-order valence-corrected chi connectivity index (χ2v) is 7.48. The Morgan fingerprint density at radius 1 is 1.32 bits per heavy atom. The van der Waals surface area contributed by atoms with Gasteiger partial charge in [0.2, 0.25) is 0 Å². The van der Waals surface area contributed by atoms with Crippen molar-refractivity contribution in [2.75, 3.05) is 5.88 Å². The van der Waals surface area contributed by atoms with Gasteiger partial charge in [-0.25, -0.2) is 4.39 Å². The maximum absolute atomic E-state index is 12.9. The molecular formula is C14H19ClFNOS. The minimum atomic E-state index is -1.33. The van der Waals surface area contributed by atoms with Crippen molar-refractivity contribution >= 4 is 28.7 Å². The minimum absolute atomic E-state index is 0.294. The molecule has 0 fully saturated rings. The van der Waals surface area contributed by atoms with Gasteiger partial charge in [-0.1, -0.05) is 16.5 Å². The maximum atomic E-state index is 12.9. The summed E-state index contributed by atoms with van der Waals surface area (Å²) < 4.78 is 28.9. The molecule has 0 radical (unpaired) electrons. The maximum Gasteiger partial charge on any atom is 0.144 e. The first-order chi connectivity index (χ1) is 8.84. The Labute approximate surface area is 122 Å². The predicted octanol–water partition coefficient (Wildman–Crippen LogP) is 4.10. The van der Waals surface area contributed by atoms with Crippen molar-refractivity contribution in [3.8, 4) is 0 Å². The van der Waals surface area contributed by atoms with E-state index in [1.807, 2.05) is 20.8 Å². The van der Waals surface area contributed by atoms with Gasteiger partial charge in [0.15, 0.2) is 0 Å². The third-order valence-corrected chi connectivity index (χ3v) is 4.14. The number of alkyl halides is 1. The molecule has 0 aromatic heterocycles. The Kier molecular flexibility index (Phi) is 6.30. The van der Waals surface area contributed by atoms with Gasteiger partial charge >= 0.3 is 0 Å². The van der Waals surface area contributed by atoms with E-state index in [2.05, 4.69) is 4.40 Å². The molecule has 0 aliphatic carbocycles. The Morgan fingerprint density at radius 2 is 1.89 bits per heavy atom. The lowest BCUT2D eigenvalue weighted by Gasteiger charge is -2.19. The van der Waals surface area contributed by atoms with Gasteiger partial charge in [0.25, 0.3) is 0 Å². The zero-order valence-corrected chi connectivity index (χ0v) is 13.0. The molecule has 1 aromatic carbocycles. The van der Waals surface area contributed by atoms with Crippen molar-refractivity contribution < 1.29 is 8.94 Å². The average Bonchev–Trinajstić information content (AvgIpc) is 2.34. The number of rotatable bonds is 5. The van der Waals surface area contributed by atoms with E-state index in [1.54, 1.807) is 12.1 Å². The SMILES string of the molecule is CC(C)(C)[S+]([O-])/N=C(\CCCCl)c1ccc(F)cc1. The van der Waals surface area contributed by atoms with Crippen LogP contribution in [0.2, 0.25) is 0 Å². The van der Waals surface area contributed by atoms with Crippen LogP contribution in [0.4, 0.5) is 4.39 Å². The van der Waals surface area contributed by atoms with Crippen LogP contribution >= 0.6 is 11.6 Å². The van der Waals surface area contributed by atoms with E-state index in [-0.39, 0.29) is 5.82 Å². The van der Waals surface area contributed by atoms with E-state index in [4.69, 9.17) is 11.6 Å². The Morgan fingerprint density at radius 3 is 2.37 bits per heavy atom. The van der Waals surface area contributed by atoms with E-state index in [0.29, 0.717) is 18.0 Å². The minimum Gasteiger partial charge on any atom is -0.591 e. The molecule has 0 N–H and O–H groups in total. The molecule has 1 unspecified atom stereocenters. The molecule has 0 spiro atoms. The van der Waals surface area contributed by atoms with E-state index in [1.165, 1.54) is 12.1 Å². The summed E-state index contributed by atoms with van der Waals surface area (Å²) >= 11 is 4.37. The van der Waals surface area contributed by atoms with Crippen molar-refractivity contribution in [1.82, 2.24) is 0 Å². The molecular weight excluding hydrogens is 285 g/mol. The molecule has 19 heavy (non-hydrogen) atoms. The highest BCUT2D eigenvalue weighted by Crippen LogP contribution is 2.20. The van der Waals surface area contributed by atoms with Crippen LogP contribution in [0, 0.1) is 5.82 Å². The largest absolute Gasteiger partial charge is 0.591 e. The third kappa shape index (κ3) is 5.51. The molecule has 5 heteroatoms. The van der Waals surface area contributed by atoms with Crippen LogP contribution in [0.15, 0.2) is 28.7 Å². The molecule has 0 aliphatic rings. The van der Waals surface area contributed by atoms with E-state index in [9.17, 15) is 8.94 Å². The van der Waals surface area contributed by atoms with Crippen molar-refractivity contribution in [3.63, 3.8) is 0 Å². The normalized spacial score (nSPS) is 14.5. The van der Waals surface area contributed by atoms with Crippen LogP contribution in [0.1, 0.15) is 39.2 Å². The number of benzene rings is 1. The van der Waals surface area contributed by atoms with Gasteiger partial charge in [0.05, 0.1) is 5.71 Å². The van der Waals surface area contributed by atoms with Crippen LogP contribution in [0.25, 0.3) is 0 Å². The second kappa shape index (κ2) is 7.27. The lowest BCUT2D eigenvalue weighted by molar-refractivity contribution is 0.561.